The van der Waals surface area contributed by atoms with E-state index in [9.17, 15) is 9.90 Å². The molecule has 0 amide bonds. The molecule has 0 spiro atoms. The van der Waals surface area contributed by atoms with E-state index in [1.54, 1.807) is 18.2 Å². The van der Waals surface area contributed by atoms with Gasteiger partial charge in [-0.25, -0.2) is 0 Å². The molecule has 128 valence electrons. The Hall–Kier alpha value is -1.63. The van der Waals surface area contributed by atoms with Crippen LogP contribution in [0.1, 0.15) is 17.3 Å². The number of ether oxygens (including phenoxy) is 2. The molecule has 0 aromatic heterocycles. The number of hydrogen-bond donors (Lipinski definition) is 1. The van der Waals surface area contributed by atoms with Gasteiger partial charge in [0.1, 0.15) is 12.7 Å². The number of carbonyl (C=O) groups excluding carboxylic acids is 1. The Morgan fingerprint density at radius 2 is 1.96 bits per heavy atom. The van der Waals surface area contributed by atoms with Crippen LogP contribution in [0, 0.1) is 0 Å². The van der Waals surface area contributed by atoms with E-state index in [2.05, 4.69) is 16.8 Å². The van der Waals surface area contributed by atoms with Crippen LogP contribution in [-0.2, 0) is 0 Å². The van der Waals surface area contributed by atoms with Crippen molar-refractivity contribution in [3.05, 3.63) is 23.8 Å². The second kappa shape index (κ2) is 8.29. The highest BCUT2D eigenvalue weighted by Gasteiger charge is 2.18. The third-order valence-electron chi connectivity index (χ3n) is 4.07. The number of β-amino-alcohol motifs (C(OH)–C–C–N with tert-alkyl or cyclic N) is 1. The monoisotopic (exact) mass is 322 g/mol. The van der Waals surface area contributed by atoms with E-state index in [1.165, 1.54) is 14.0 Å². The number of Topliss-reactive ketones (excluding diaryl/α,β-unsaturated/α-hetero) is 1. The number of ketones is 1. The van der Waals surface area contributed by atoms with E-state index >= 15 is 0 Å². The van der Waals surface area contributed by atoms with Gasteiger partial charge < -0.3 is 19.5 Å². The maximum atomic E-state index is 11.4. The van der Waals surface area contributed by atoms with Gasteiger partial charge in [0.25, 0.3) is 0 Å². The molecule has 0 saturated carbocycles. The van der Waals surface area contributed by atoms with E-state index in [-0.39, 0.29) is 12.4 Å². The second-order valence-electron chi connectivity index (χ2n) is 5.99. The van der Waals surface area contributed by atoms with E-state index in [0.717, 1.165) is 26.2 Å². The first-order valence-electron chi connectivity index (χ1n) is 7.90. The first-order valence-corrected chi connectivity index (χ1v) is 7.90. The number of carbonyl (C=O) groups is 1. The van der Waals surface area contributed by atoms with Gasteiger partial charge in [-0.3, -0.25) is 9.69 Å². The van der Waals surface area contributed by atoms with Crippen molar-refractivity contribution in [2.75, 3.05) is 53.5 Å². The summed E-state index contributed by atoms with van der Waals surface area (Å²) in [5.41, 5.74) is 0.576. The van der Waals surface area contributed by atoms with Crippen molar-refractivity contribution in [3.63, 3.8) is 0 Å². The highest BCUT2D eigenvalue weighted by molar-refractivity contribution is 5.94. The molecule has 1 heterocycles. The number of benzene rings is 1. The SMILES string of the molecule is COc1cc(C(C)=O)ccc1OC[C@@H](O)CN1CCN(C)CC1. The quantitative estimate of drug-likeness (QED) is 0.752. The van der Waals surface area contributed by atoms with Gasteiger partial charge in [-0.2, -0.15) is 0 Å². The Labute approximate surface area is 137 Å². The molecule has 1 aliphatic heterocycles. The van der Waals surface area contributed by atoms with Crippen molar-refractivity contribution in [1.29, 1.82) is 0 Å². The molecule has 1 atom stereocenters. The van der Waals surface area contributed by atoms with Gasteiger partial charge in [-0.05, 0) is 32.2 Å². The molecule has 1 aromatic rings. The van der Waals surface area contributed by atoms with E-state index in [1.807, 2.05) is 0 Å². The lowest BCUT2D eigenvalue weighted by atomic mass is 10.1. The summed E-state index contributed by atoms with van der Waals surface area (Å²) in [5, 5.41) is 10.2. The Morgan fingerprint density at radius 3 is 2.57 bits per heavy atom. The molecule has 0 aliphatic carbocycles. The fourth-order valence-electron chi connectivity index (χ4n) is 2.57. The minimum Gasteiger partial charge on any atom is -0.493 e. The van der Waals surface area contributed by atoms with Crippen molar-refractivity contribution < 1.29 is 19.4 Å². The maximum absolute atomic E-state index is 11.4. The van der Waals surface area contributed by atoms with Crippen LogP contribution in [0.15, 0.2) is 18.2 Å². The van der Waals surface area contributed by atoms with Crippen LogP contribution in [0.3, 0.4) is 0 Å². The molecule has 6 nitrogen and oxygen atoms in total. The molecule has 1 aliphatic rings. The highest BCUT2D eigenvalue weighted by Crippen LogP contribution is 2.28. The van der Waals surface area contributed by atoms with Gasteiger partial charge in [-0.15, -0.1) is 0 Å². The molecular formula is C17H26N2O4. The average Bonchev–Trinajstić information content (AvgIpc) is 2.54. The van der Waals surface area contributed by atoms with E-state index < -0.39 is 6.10 Å². The van der Waals surface area contributed by atoms with Gasteiger partial charge >= 0.3 is 0 Å². The summed E-state index contributed by atoms with van der Waals surface area (Å²) in [6.45, 7) is 6.27. The number of aliphatic hydroxyl groups excluding tert-OH is 1. The van der Waals surface area contributed by atoms with E-state index in [4.69, 9.17) is 9.47 Å². The Bertz CT molecular complexity index is 527. The number of aliphatic hydroxyl groups is 1. The molecule has 1 fully saturated rings. The lowest BCUT2D eigenvalue weighted by Crippen LogP contribution is -2.47. The second-order valence-corrected chi connectivity index (χ2v) is 5.99. The minimum absolute atomic E-state index is 0.0232. The molecule has 1 N–H and O–H groups in total. The van der Waals surface area contributed by atoms with Gasteiger partial charge in [0, 0.05) is 38.3 Å². The summed E-state index contributed by atoms with van der Waals surface area (Å²) in [4.78, 5) is 15.9. The predicted octanol–water partition coefficient (Wildman–Crippen LogP) is 0.885. The minimum atomic E-state index is -0.560. The molecule has 1 saturated heterocycles. The lowest BCUT2D eigenvalue weighted by Gasteiger charge is -2.33. The average molecular weight is 322 g/mol. The lowest BCUT2D eigenvalue weighted by molar-refractivity contribution is 0.0498. The molecule has 0 bridgehead atoms. The Morgan fingerprint density at radius 1 is 1.26 bits per heavy atom. The number of rotatable bonds is 7. The first-order chi connectivity index (χ1) is 11.0. The normalized spacial score (nSPS) is 17.7. The summed E-state index contributed by atoms with van der Waals surface area (Å²) in [5.74, 6) is 1.02. The van der Waals surface area contributed by atoms with Crippen molar-refractivity contribution in [1.82, 2.24) is 9.80 Å². The zero-order valence-corrected chi connectivity index (χ0v) is 14.1. The fourth-order valence-corrected chi connectivity index (χ4v) is 2.57. The van der Waals surface area contributed by atoms with Gasteiger partial charge in [0.15, 0.2) is 17.3 Å². The maximum Gasteiger partial charge on any atom is 0.161 e. The van der Waals surface area contributed by atoms with E-state index in [0.29, 0.717) is 23.6 Å². The molecule has 0 unspecified atom stereocenters. The predicted molar refractivity (Wildman–Crippen MR) is 88.4 cm³/mol. The fraction of sp³-hybridized carbons (Fsp3) is 0.588. The molecule has 0 radical (unpaired) electrons. The van der Waals surface area contributed by atoms with Crippen LogP contribution < -0.4 is 9.47 Å². The standard InChI is InChI=1S/C17H26N2O4/c1-13(20)14-4-5-16(17(10-14)22-3)23-12-15(21)11-19-8-6-18(2)7-9-19/h4-5,10,15,21H,6-9,11-12H2,1-3H3/t15-/m0/s1. The number of hydrogen-bond acceptors (Lipinski definition) is 6. The summed E-state index contributed by atoms with van der Waals surface area (Å²) >= 11 is 0. The summed E-state index contributed by atoms with van der Waals surface area (Å²) in [6, 6.07) is 5.07. The van der Waals surface area contributed by atoms with Crippen molar-refractivity contribution in [2.45, 2.75) is 13.0 Å². The smallest absolute Gasteiger partial charge is 0.161 e. The van der Waals surface area contributed by atoms with Crippen LogP contribution in [0.2, 0.25) is 0 Å². The van der Waals surface area contributed by atoms with Crippen LogP contribution in [0.4, 0.5) is 0 Å². The summed E-state index contributed by atoms with van der Waals surface area (Å²) in [6.07, 6.45) is -0.560. The van der Waals surface area contributed by atoms with Crippen LogP contribution in [0.5, 0.6) is 11.5 Å². The Balaban J connectivity index is 1.86. The van der Waals surface area contributed by atoms with Crippen LogP contribution in [-0.4, -0.2) is 80.3 Å². The third-order valence-corrected chi connectivity index (χ3v) is 4.07. The molecular weight excluding hydrogens is 296 g/mol. The number of likely N-dealkylation sites (N-methyl/N-ethyl adjacent to an activating group) is 1. The zero-order chi connectivity index (χ0) is 16.8. The Kier molecular flexibility index (Phi) is 6.38. The van der Waals surface area contributed by atoms with Crippen molar-refractivity contribution in [3.8, 4) is 11.5 Å². The topological polar surface area (TPSA) is 62.2 Å². The third kappa shape index (κ3) is 5.20. The molecule has 1 aromatic carbocycles. The van der Waals surface area contributed by atoms with Crippen molar-refractivity contribution >= 4 is 5.78 Å². The van der Waals surface area contributed by atoms with Gasteiger partial charge in [0.05, 0.1) is 7.11 Å². The largest absolute Gasteiger partial charge is 0.493 e. The van der Waals surface area contributed by atoms with Crippen LogP contribution in [0.25, 0.3) is 0 Å². The molecule has 2 rings (SSSR count). The molecule has 6 heteroatoms. The van der Waals surface area contributed by atoms with Gasteiger partial charge in [0.2, 0.25) is 0 Å². The first kappa shape index (κ1) is 17.7. The number of piperazine rings is 1. The van der Waals surface area contributed by atoms with Gasteiger partial charge in [-0.1, -0.05) is 0 Å². The summed E-state index contributed by atoms with van der Waals surface area (Å²) in [7, 11) is 3.64. The van der Waals surface area contributed by atoms with Crippen molar-refractivity contribution in [2.24, 2.45) is 0 Å². The van der Waals surface area contributed by atoms with Crippen LogP contribution >= 0.6 is 0 Å². The highest BCUT2D eigenvalue weighted by atomic mass is 16.5. The number of nitrogens with zero attached hydrogens (tertiary/aromatic N) is 2. The number of methoxy groups -OCH3 is 1. The zero-order valence-electron chi connectivity index (χ0n) is 14.1. The molecule has 23 heavy (non-hydrogen) atoms. The summed E-state index contributed by atoms with van der Waals surface area (Å²) < 4.78 is 10.9.